The Labute approximate surface area is 89.2 Å². The summed E-state index contributed by atoms with van der Waals surface area (Å²) >= 11 is 0. The Kier molecular flexibility index (Phi) is 2.63. The zero-order valence-corrected chi connectivity index (χ0v) is 8.19. The van der Waals surface area contributed by atoms with Gasteiger partial charge in [0.15, 0.2) is 0 Å². The zero-order chi connectivity index (χ0) is 10.7. The smallest absolute Gasteiger partial charge is 0.121 e. The molecule has 1 aromatic carbocycles. The van der Waals surface area contributed by atoms with Crippen LogP contribution in [0.2, 0.25) is 0 Å². The molecule has 0 spiro atoms. The highest BCUT2D eigenvalue weighted by atomic mass is 16.6. The Hall–Kier alpha value is -1.90. The first-order valence-corrected chi connectivity index (χ1v) is 4.64. The van der Waals surface area contributed by atoms with Crippen molar-refractivity contribution in [2.24, 2.45) is 0 Å². The van der Waals surface area contributed by atoms with E-state index in [2.05, 4.69) is 11.8 Å². The molecule has 0 saturated carbocycles. The Morgan fingerprint density at radius 2 is 1.87 bits per heavy atom. The van der Waals surface area contributed by atoms with Gasteiger partial charge in [-0.25, -0.2) is 0 Å². The molecule has 74 valence electrons. The topological polar surface area (TPSA) is 21.8 Å². The number of rotatable bonds is 3. The molecule has 0 N–H and O–H groups in total. The van der Waals surface area contributed by atoms with E-state index >= 15 is 0 Å². The van der Waals surface area contributed by atoms with Gasteiger partial charge in [-0.1, -0.05) is 11.8 Å². The van der Waals surface area contributed by atoms with Crippen LogP contribution >= 0.6 is 0 Å². The van der Waals surface area contributed by atoms with Gasteiger partial charge in [-0.05, 0) is 18.2 Å². The summed E-state index contributed by atoms with van der Waals surface area (Å²) in [5.41, 5.74) is 1.47. The average molecular weight is 198 g/mol. The van der Waals surface area contributed by atoms with Crippen LogP contribution in [0.1, 0.15) is 11.1 Å². The van der Waals surface area contributed by atoms with Crippen molar-refractivity contribution in [2.45, 2.75) is 6.10 Å². The van der Waals surface area contributed by atoms with Crippen molar-refractivity contribution in [3.63, 3.8) is 0 Å². The molecule has 0 amide bonds. The molecule has 0 radical (unpaired) electrons. The zero-order valence-electron chi connectivity index (χ0n) is 8.19. The van der Waals surface area contributed by atoms with E-state index in [0.29, 0.717) is 12.4 Å². The van der Waals surface area contributed by atoms with Gasteiger partial charge in [0.1, 0.15) is 18.5 Å². The number of epoxide rings is 1. The molecule has 1 aromatic rings. The fourth-order valence-corrected chi connectivity index (χ4v) is 1.20. The molecule has 1 atom stereocenters. The standard InChI is InChI=1S/C13H10O2/c1-3-10-5-11(4-2)7-12(6-10)14-8-13-9-15-13/h1-2,5-7,13H,8-9H2. The molecule has 15 heavy (non-hydrogen) atoms. The van der Waals surface area contributed by atoms with Crippen molar-refractivity contribution in [1.29, 1.82) is 0 Å². The lowest BCUT2D eigenvalue weighted by molar-refractivity contribution is 0.263. The average Bonchev–Trinajstić information content (AvgIpc) is 3.09. The molecule has 0 bridgehead atoms. The minimum absolute atomic E-state index is 0.230. The molecular weight excluding hydrogens is 188 g/mol. The fourth-order valence-electron chi connectivity index (χ4n) is 1.20. The van der Waals surface area contributed by atoms with E-state index in [9.17, 15) is 0 Å². The first-order chi connectivity index (χ1) is 7.31. The maximum absolute atomic E-state index is 5.50. The molecule has 1 unspecified atom stereocenters. The monoisotopic (exact) mass is 198 g/mol. The Bertz CT molecular complexity index is 412. The number of ether oxygens (including phenoxy) is 2. The van der Waals surface area contributed by atoms with Crippen LogP contribution in [0.4, 0.5) is 0 Å². The maximum Gasteiger partial charge on any atom is 0.121 e. The predicted molar refractivity (Wildman–Crippen MR) is 57.5 cm³/mol. The summed E-state index contributed by atoms with van der Waals surface area (Å²) in [7, 11) is 0. The van der Waals surface area contributed by atoms with Crippen molar-refractivity contribution < 1.29 is 9.47 Å². The molecule has 1 aliphatic rings. The largest absolute Gasteiger partial charge is 0.491 e. The minimum Gasteiger partial charge on any atom is -0.491 e. The third-order valence-electron chi connectivity index (χ3n) is 2.08. The third-order valence-corrected chi connectivity index (χ3v) is 2.08. The lowest BCUT2D eigenvalue weighted by Gasteiger charge is -2.05. The van der Waals surface area contributed by atoms with E-state index in [-0.39, 0.29) is 6.10 Å². The number of hydrogen-bond acceptors (Lipinski definition) is 2. The number of hydrogen-bond donors (Lipinski definition) is 0. The van der Waals surface area contributed by atoms with Crippen molar-refractivity contribution in [2.75, 3.05) is 13.2 Å². The lowest BCUT2D eigenvalue weighted by Crippen LogP contribution is -2.04. The maximum atomic E-state index is 5.50. The predicted octanol–water partition coefficient (Wildman–Crippen LogP) is 1.43. The third kappa shape index (κ3) is 2.53. The Morgan fingerprint density at radius 3 is 2.33 bits per heavy atom. The highest BCUT2D eigenvalue weighted by Crippen LogP contribution is 2.18. The SMILES string of the molecule is C#Cc1cc(C#C)cc(OCC2CO2)c1. The van der Waals surface area contributed by atoms with Crippen LogP contribution in [0.25, 0.3) is 0 Å². The second-order valence-corrected chi connectivity index (χ2v) is 3.30. The van der Waals surface area contributed by atoms with E-state index in [4.69, 9.17) is 22.3 Å². The van der Waals surface area contributed by atoms with Gasteiger partial charge in [-0.15, -0.1) is 12.8 Å². The number of benzene rings is 1. The van der Waals surface area contributed by atoms with Gasteiger partial charge in [0, 0.05) is 11.1 Å². The van der Waals surface area contributed by atoms with Crippen LogP contribution in [0.5, 0.6) is 5.75 Å². The molecule has 1 aliphatic heterocycles. The van der Waals surface area contributed by atoms with Crippen molar-refractivity contribution >= 4 is 0 Å². The first-order valence-electron chi connectivity index (χ1n) is 4.64. The van der Waals surface area contributed by atoms with Crippen molar-refractivity contribution in [3.05, 3.63) is 29.3 Å². The summed E-state index contributed by atoms with van der Waals surface area (Å²) in [5, 5.41) is 0. The van der Waals surface area contributed by atoms with E-state index in [0.717, 1.165) is 17.7 Å². The number of terminal acetylenes is 2. The molecule has 2 nitrogen and oxygen atoms in total. The van der Waals surface area contributed by atoms with Crippen molar-refractivity contribution in [3.8, 4) is 30.4 Å². The molecule has 1 fully saturated rings. The normalized spacial score (nSPS) is 17.6. The summed E-state index contributed by atoms with van der Waals surface area (Å²) in [4.78, 5) is 0. The minimum atomic E-state index is 0.230. The van der Waals surface area contributed by atoms with Gasteiger partial charge in [0.25, 0.3) is 0 Å². The molecule has 2 heteroatoms. The van der Waals surface area contributed by atoms with E-state index in [1.165, 1.54) is 0 Å². The summed E-state index contributed by atoms with van der Waals surface area (Å²) in [5.74, 6) is 5.78. The first kappa shape index (κ1) is 9.65. The molecule has 1 saturated heterocycles. The van der Waals surface area contributed by atoms with Crippen LogP contribution in [0.3, 0.4) is 0 Å². The van der Waals surface area contributed by atoms with Gasteiger partial charge < -0.3 is 9.47 Å². The van der Waals surface area contributed by atoms with Crippen LogP contribution in [0, 0.1) is 24.7 Å². The van der Waals surface area contributed by atoms with Gasteiger partial charge in [0.2, 0.25) is 0 Å². The second-order valence-electron chi connectivity index (χ2n) is 3.30. The van der Waals surface area contributed by atoms with Crippen LogP contribution in [-0.2, 0) is 4.74 Å². The molecule has 1 heterocycles. The van der Waals surface area contributed by atoms with E-state index in [1.807, 2.05) is 0 Å². The van der Waals surface area contributed by atoms with Gasteiger partial charge >= 0.3 is 0 Å². The molecule has 0 aliphatic carbocycles. The lowest BCUT2D eigenvalue weighted by atomic mass is 10.1. The highest BCUT2D eigenvalue weighted by Gasteiger charge is 2.23. The molecule has 0 aromatic heterocycles. The molecule has 2 rings (SSSR count). The fraction of sp³-hybridized carbons (Fsp3) is 0.231. The van der Waals surface area contributed by atoms with Crippen molar-refractivity contribution in [1.82, 2.24) is 0 Å². The molecular formula is C13H10O2. The Morgan fingerprint density at radius 1 is 1.27 bits per heavy atom. The van der Waals surface area contributed by atoms with Gasteiger partial charge in [-0.2, -0.15) is 0 Å². The summed E-state index contributed by atoms with van der Waals surface area (Å²) in [6, 6.07) is 5.37. The van der Waals surface area contributed by atoms with Crippen LogP contribution in [0.15, 0.2) is 18.2 Å². The Balaban J connectivity index is 2.14. The quantitative estimate of drug-likeness (QED) is 0.541. The highest BCUT2D eigenvalue weighted by molar-refractivity contribution is 5.47. The van der Waals surface area contributed by atoms with E-state index in [1.54, 1.807) is 18.2 Å². The summed E-state index contributed by atoms with van der Waals surface area (Å²) in [6.45, 7) is 1.33. The van der Waals surface area contributed by atoms with Crippen LogP contribution < -0.4 is 4.74 Å². The van der Waals surface area contributed by atoms with Gasteiger partial charge in [0.05, 0.1) is 6.61 Å². The van der Waals surface area contributed by atoms with E-state index < -0.39 is 0 Å². The summed E-state index contributed by atoms with van der Waals surface area (Å²) in [6.07, 6.45) is 10.9. The van der Waals surface area contributed by atoms with Gasteiger partial charge in [-0.3, -0.25) is 0 Å². The van der Waals surface area contributed by atoms with Crippen LogP contribution in [-0.4, -0.2) is 19.3 Å². The summed E-state index contributed by atoms with van der Waals surface area (Å²) < 4.78 is 10.5. The second kappa shape index (κ2) is 4.09.